The van der Waals surface area contributed by atoms with Gasteiger partial charge in [0.2, 0.25) is 5.91 Å². The smallest absolute Gasteiger partial charge is 0.303 e. The van der Waals surface area contributed by atoms with Gasteiger partial charge in [0.25, 0.3) is 0 Å². The van der Waals surface area contributed by atoms with Crippen LogP contribution < -0.4 is 5.32 Å². The monoisotopic (exact) mass is 214 g/mol. The first-order valence-electron chi connectivity index (χ1n) is 5.20. The van der Waals surface area contributed by atoms with Crippen LogP contribution >= 0.6 is 0 Å². The van der Waals surface area contributed by atoms with Gasteiger partial charge in [-0.25, -0.2) is 0 Å². The number of carboxylic acids is 1. The minimum Gasteiger partial charge on any atom is -0.481 e. The molecule has 5 nitrogen and oxygen atoms in total. The van der Waals surface area contributed by atoms with Gasteiger partial charge in [0.15, 0.2) is 0 Å². The van der Waals surface area contributed by atoms with Crippen molar-refractivity contribution >= 4 is 11.9 Å². The van der Waals surface area contributed by atoms with Gasteiger partial charge < -0.3 is 10.4 Å². The van der Waals surface area contributed by atoms with Crippen LogP contribution in [-0.2, 0) is 9.59 Å². The molecule has 0 bridgehead atoms. The van der Waals surface area contributed by atoms with Crippen molar-refractivity contribution in [1.82, 2.24) is 10.2 Å². The third-order valence-electron chi connectivity index (χ3n) is 2.83. The molecule has 0 aromatic rings. The molecule has 1 heterocycles. The average molecular weight is 214 g/mol. The van der Waals surface area contributed by atoms with Crippen molar-refractivity contribution in [2.75, 3.05) is 19.6 Å². The molecule has 0 aromatic heterocycles. The summed E-state index contributed by atoms with van der Waals surface area (Å²) in [6.07, 6.45) is 0.750. The van der Waals surface area contributed by atoms with Gasteiger partial charge in [0.1, 0.15) is 0 Å². The van der Waals surface area contributed by atoms with Gasteiger partial charge in [-0.15, -0.1) is 0 Å². The quantitative estimate of drug-likeness (QED) is 0.694. The van der Waals surface area contributed by atoms with Crippen LogP contribution in [0.5, 0.6) is 0 Å². The molecule has 0 spiro atoms. The zero-order chi connectivity index (χ0) is 11.5. The Balaban J connectivity index is 2.45. The molecule has 5 heteroatoms. The van der Waals surface area contributed by atoms with E-state index in [2.05, 4.69) is 5.32 Å². The van der Waals surface area contributed by atoms with Crippen LogP contribution in [0.4, 0.5) is 0 Å². The fourth-order valence-electron chi connectivity index (χ4n) is 1.76. The Bertz CT molecular complexity index is 263. The summed E-state index contributed by atoms with van der Waals surface area (Å²) >= 11 is 0. The molecule has 0 saturated carbocycles. The minimum absolute atomic E-state index is 0.0177. The van der Waals surface area contributed by atoms with Gasteiger partial charge in [-0.2, -0.15) is 0 Å². The predicted octanol–water partition coefficient (Wildman–Crippen LogP) is 0.0616. The maximum absolute atomic E-state index is 11.6. The van der Waals surface area contributed by atoms with E-state index in [4.69, 9.17) is 5.11 Å². The SMILES string of the molecule is CC1(C)C(=O)NCCN1CCCC(=O)O. The second-order valence-corrected chi connectivity index (χ2v) is 4.30. The second-order valence-electron chi connectivity index (χ2n) is 4.30. The molecule has 0 unspecified atom stereocenters. The van der Waals surface area contributed by atoms with Crippen molar-refractivity contribution in [1.29, 1.82) is 0 Å². The summed E-state index contributed by atoms with van der Waals surface area (Å²) in [5.74, 6) is -0.765. The van der Waals surface area contributed by atoms with Crippen LogP contribution in [-0.4, -0.2) is 47.1 Å². The Morgan fingerprint density at radius 2 is 2.27 bits per heavy atom. The maximum atomic E-state index is 11.6. The van der Waals surface area contributed by atoms with Gasteiger partial charge in [-0.05, 0) is 26.8 Å². The first kappa shape index (κ1) is 12.0. The molecule has 2 N–H and O–H groups in total. The number of hydrogen-bond acceptors (Lipinski definition) is 3. The lowest BCUT2D eigenvalue weighted by molar-refractivity contribution is -0.137. The molecule has 1 saturated heterocycles. The van der Waals surface area contributed by atoms with E-state index in [1.54, 1.807) is 0 Å². The summed E-state index contributed by atoms with van der Waals surface area (Å²) in [6, 6.07) is 0. The molecular weight excluding hydrogens is 196 g/mol. The normalized spacial score (nSPS) is 21.1. The van der Waals surface area contributed by atoms with Gasteiger partial charge in [0.05, 0.1) is 5.54 Å². The lowest BCUT2D eigenvalue weighted by Gasteiger charge is -2.41. The number of hydrogen-bond donors (Lipinski definition) is 2. The first-order valence-corrected chi connectivity index (χ1v) is 5.20. The lowest BCUT2D eigenvalue weighted by Crippen LogP contribution is -2.61. The fraction of sp³-hybridized carbons (Fsp3) is 0.800. The Kier molecular flexibility index (Phi) is 3.68. The highest BCUT2D eigenvalue weighted by molar-refractivity contribution is 5.86. The highest BCUT2D eigenvalue weighted by Gasteiger charge is 2.36. The summed E-state index contributed by atoms with van der Waals surface area (Å²) in [4.78, 5) is 24.0. The molecular formula is C10H18N2O3. The third kappa shape index (κ3) is 2.92. The standard InChI is InChI=1S/C10H18N2O3/c1-10(2)9(15)11-5-7-12(10)6-3-4-8(13)14/h3-7H2,1-2H3,(H,11,15)(H,13,14). The predicted molar refractivity (Wildman–Crippen MR) is 55.5 cm³/mol. The number of carbonyl (C=O) groups excluding carboxylic acids is 1. The van der Waals surface area contributed by atoms with Crippen molar-refractivity contribution in [3.05, 3.63) is 0 Å². The van der Waals surface area contributed by atoms with Crippen LogP contribution in [0.15, 0.2) is 0 Å². The van der Waals surface area contributed by atoms with Crippen molar-refractivity contribution < 1.29 is 14.7 Å². The minimum atomic E-state index is -0.783. The summed E-state index contributed by atoms with van der Waals surface area (Å²) in [5, 5.41) is 11.3. The number of aliphatic carboxylic acids is 1. The van der Waals surface area contributed by atoms with Gasteiger partial charge >= 0.3 is 5.97 Å². The maximum Gasteiger partial charge on any atom is 0.303 e. The van der Waals surface area contributed by atoms with Crippen LogP contribution in [0.25, 0.3) is 0 Å². The molecule has 1 rings (SSSR count). The van der Waals surface area contributed by atoms with E-state index >= 15 is 0 Å². The summed E-state index contributed by atoms with van der Waals surface area (Å²) in [7, 11) is 0. The Labute approximate surface area is 89.4 Å². The molecule has 0 aromatic carbocycles. The number of rotatable bonds is 4. The molecule has 86 valence electrons. The summed E-state index contributed by atoms with van der Waals surface area (Å²) in [6.45, 7) is 5.82. The van der Waals surface area contributed by atoms with Crippen LogP contribution in [0.3, 0.4) is 0 Å². The van der Waals surface area contributed by atoms with Gasteiger partial charge in [0, 0.05) is 19.5 Å². The Morgan fingerprint density at radius 1 is 1.60 bits per heavy atom. The molecule has 0 aliphatic carbocycles. The zero-order valence-electron chi connectivity index (χ0n) is 9.25. The van der Waals surface area contributed by atoms with E-state index in [-0.39, 0.29) is 12.3 Å². The number of nitrogens with one attached hydrogen (secondary N) is 1. The summed E-state index contributed by atoms with van der Waals surface area (Å²) in [5.41, 5.74) is -0.517. The Hall–Kier alpha value is -1.10. The van der Waals surface area contributed by atoms with Crippen molar-refractivity contribution in [2.45, 2.75) is 32.2 Å². The molecule has 0 radical (unpaired) electrons. The highest BCUT2D eigenvalue weighted by atomic mass is 16.4. The molecule has 15 heavy (non-hydrogen) atoms. The average Bonchev–Trinajstić information content (AvgIpc) is 2.12. The van der Waals surface area contributed by atoms with Crippen LogP contribution in [0.2, 0.25) is 0 Å². The topological polar surface area (TPSA) is 69.6 Å². The highest BCUT2D eigenvalue weighted by Crippen LogP contribution is 2.17. The molecule has 1 fully saturated rings. The number of carboxylic acid groups (broad SMARTS) is 1. The zero-order valence-corrected chi connectivity index (χ0v) is 9.25. The number of piperazine rings is 1. The van der Waals surface area contributed by atoms with E-state index < -0.39 is 11.5 Å². The van der Waals surface area contributed by atoms with Gasteiger partial charge in [-0.3, -0.25) is 14.5 Å². The Morgan fingerprint density at radius 3 is 2.87 bits per heavy atom. The molecule has 0 atom stereocenters. The molecule has 1 aliphatic rings. The molecule has 1 amide bonds. The van der Waals surface area contributed by atoms with Crippen molar-refractivity contribution in [2.24, 2.45) is 0 Å². The largest absolute Gasteiger partial charge is 0.481 e. The van der Waals surface area contributed by atoms with E-state index in [1.807, 2.05) is 18.7 Å². The van der Waals surface area contributed by atoms with Crippen molar-refractivity contribution in [3.8, 4) is 0 Å². The number of carbonyl (C=O) groups is 2. The van der Waals surface area contributed by atoms with Crippen LogP contribution in [0, 0.1) is 0 Å². The van der Waals surface area contributed by atoms with Crippen LogP contribution in [0.1, 0.15) is 26.7 Å². The van der Waals surface area contributed by atoms with E-state index in [0.717, 1.165) is 6.54 Å². The fourth-order valence-corrected chi connectivity index (χ4v) is 1.76. The molecule has 1 aliphatic heterocycles. The summed E-state index contributed by atoms with van der Waals surface area (Å²) < 4.78 is 0. The third-order valence-corrected chi connectivity index (χ3v) is 2.83. The van der Waals surface area contributed by atoms with E-state index in [0.29, 0.717) is 19.5 Å². The van der Waals surface area contributed by atoms with E-state index in [9.17, 15) is 9.59 Å². The number of amides is 1. The number of nitrogens with zero attached hydrogens (tertiary/aromatic N) is 1. The lowest BCUT2D eigenvalue weighted by atomic mass is 9.98. The second kappa shape index (κ2) is 4.61. The van der Waals surface area contributed by atoms with E-state index in [1.165, 1.54) is 0 Å². The first-order chi connectivity index (χ1) is 6.94. The van der Waals surface area contributed by atoms with Crippen molar-refractivity contribution in [3.63, 3.8) is 0 Å². The van der Waals surface area contributed by atoms with Gasteiger partial charge in [-0.1, -0.05) is 0 Å².